The van der Waals surface area contributed by atoms with E-state index in [0.29, 0.717) is 35.4 Å². The molecule has 3 aliphatic rings. The van der Waals surface area contributed by atoms with Gasteiger partial charge >= 0.3 is 6.18 Å². The number of thioether (sulfide) groups is 1. The maximum Gasteiger partial charge on any atom is 0.413 e. The van der Waals surface area contributed by atoms with Gasteiger partial charge in [-0.25, -0.2) is 0 Å². The second-order valence-electron chi connectivity index (χ2n) is 9.61. The highest BCUT2D eigenvalue weighted by molar-refractivity contribution is 8.18. The van der Waals surface area contributed by atoms with E-state index >= 15 is 0 Å². The Morgan fingerprint density at radius 3 is 2.68 bits per heavy atom. The van der Waals surface area contributed by atoms with Crippen LogP contribution < -0.4 is 0 Å². The molecule has 0 saturated carbocycles. The summed E-state index contributed by atoms with van der Waals surface area (Å²) in [5, 5.41) is 13.9. The van der Waals surface area contributed by atoms with Crippen LogP contribution in [0.15, 0.2) is 52.1 Å². The summed E-state index contributed by atoms with van der Waals surface area (Å²) in [6, 6.07) is 5.17. The predicted molar refractivity (Wildman–Crippen MR) is 140 cm³/mol. The number of aromatic nitrogens is 2. The molecule has 0 bridgehead atoms. The highest BCUT2D eigenvalue weighted by Crippen LogP contribution is 2.39. The number of aliphatic hydroxyl groups is 1. The molecule has 1 N–H and O–H groups in total. The summed E-state index contributed by atoms with van der Waals surface area (Å²) in [6.45, 7) is 2.15. The van der Waals surface area contributed by atoms with E-state index in [4.69, 9.17) is 16.7 Å². The summed E-state index contributed by atoms with van der Waals surface area (Å²) < 4.78 is 42.2. The van der Waals surface area contributed by atoms with Crippen LogP contribution in [-0.2, 0) is 11.3 Å². The number of carbonyl (C=O) groups excluding carboxylic acids is 2. The zero-order chi connectivity index (χ0) is 27.0. The first-order valence-electron chi connectivity index (χ1n) is 12.3. The first kappa shape index (κ1) is 27.0. The lowest BCUT2D eigenvalue weighted by molar-refractivity contribution is -0.125. The molecule has 3 heterocycles. The van der Waals surface area contributed by atoms with Crippen molar-refractivity contribution in [2.75, 3.05) is 26.2 Å². The van der Waals surface area contributed by atoms with Crippen LogP contribution >= 0.6 is 23.4 Å². The Kier molecular flexibility index (Phi) is 7.72. The fourth-order valence-electron chi connectivity index (χ4n) is 5.23. The highest BCUT2D eigenvalue weighted by atomic mass is 35.5. The third-order valence-electron chi connectivity index (χ3n) is 7.18. The van der Waals surface area contributed by atoms with Crippen molar-refractivity contribution in [1.29, 1.82) is 0 Å². The average Bonchev–Trinajstić information content (AvgIpc) is 3.39. The molecule has 5 rings (SSSR count). The predicted octanol–water partition coefficient (Wildman–Crippen LogP) is 5.16. The molecule has 202 valence electrons. The number of aliphatic hydroxyl groups excluding tert-OH is 1. The monoisotopic (exact) mass is 566 g/mol. The Hall–Kier alpha value is -2.60. The Bertz CT molecular complexity index is 1340. The summed E-state index contributed by atoms with van der Waals surface area (Å²) >= 11 is 6.75. The summed E-state index contributed by atoms with van der Waals surface area (Å²) in [4.78, 5) is 29.6. The molecule has 0 radical (unpaired) electrons. The van der Waals surface area contributed by atoms with Gasteiger partial charge in [-0.05, 0) is 60.9 Å². The molecule has 1 aliphatic carbocycles. The maximum absolute atomic E-state index is 13.5. The largest absolute Gasteiger partial charge is 0.413 e. The van der Waals surface area contributed by atoms with Gasteiger partial charge in [0.25, 0.3) is 11.1 Å². The second kappa shape index (κ2) is 10.9. The lowest BCUT2D eigenvalue weighted by atomic mass is 9.91. The average molecular weight is 567 g/mol. The van der Waals surface area contributed by atoms with Crippen LogP contribution in [-0.4, -0.2) is 74.3 Å². The molecule has 12 heteroatoms. The van der Waals surface area contributed by atoms with E-state index in [1.54, 1.807) is 41.2 Å². The topological polar surface area (TPSA) is 78.7 Å². The minimum Gasteiger partial charge on any atom is -0.395 e. The van der Waals surface area contributed by atoms with E-state index in [2.05, 4.69) is 10.00 Å². The standard InChI is InChI=1S/C26H26ClF3N4O3S/c27-19-3-2-17(21(13-19)26(28,29)30)15-33-22-4-1-16(11-18(22)14-31-33)12-23-24(36)34(25(37)38-23)20-5-7-32(8-6-20)9-10-35/h1,3-4,11-14,17,20,35H,2,5-10,15H2/b23-12-. The Morgan fingerprint density at radius 2 is 1.97 bits per heavy atom. The minimum atomic E-state index is -4.48. The van der Waals surface area contributed by atoms with Crippen LogP contribution in [0.25, 0.3) is 17.0 Å². The van der Waals surface area contributed by atoms with Gasteiger partial charge in [-0.3, -0.25) is 19.2 Å². The molecule has 2 amide bonds. The van der Waals surface area contributed by atoms with Crippen LogP contribution in [0, 0.1) is 5.92 Å². The number of amides is 2. The number of benzene rings is 1. The van der Waals surface area contributed by atoms with Crippen molar-refractivity contribution < 1.29 is 27.9 Å². The van der Waals surface area contributed by atoms with Crippen LogP contribution in [0.1, 0.15) is 24.8 Å². The number of halogens is 4. The van der Waals surface area contributed by atoms with Crippen molar-refractivity contribution in [1.82, 2.24) is 19.6 Å². The molecular weight excluding hydrogens is 541 g/mol. The number of β-amino-alcohol motifs (C(OH)–C–C–N with tert-alkyl or cyclic N) is 1. The number of piperidine rings is 1. The molecule has 7 nitrogen and oxygen atoms in total. The van der Waals surface area contributed by atoms with Crippen molar-refractivity contribution in [3.8, 4) is 0 Å². The normalized spacial score (nSPS) is 23.0. The summed E-state index contributed by atoms with van der Waals surface area (Å²) in [5.41, 5.74) is 0.704. The lowest BCUT2D eigenvalue weighted by Gasteiger charge is -2.34. The van der Waals surface area contributed by atoms with E-state index in [-0.39, 0.29) is 41.8 Å². The van der Waals surface area contributed by atoms with Crippen LogP contribution in [0.3, 0.4) is 0 Å². The van der Waals surface area contributed by atoms with Gasteiger partial charge in [0.1, 0.15) is 0 Å². The number of allylic oxidation sites excluding steroid dienone is 4. The first-order valence-corrected chi connectivity index (χ1v) is 13.5. The Morgan fingerprint density at radius 1 is 1.21 bits per heavy atom. The quantitative estimate of drug-likeness (QED) is 0.487. The molecule has 1 unspecified atom stereocenters. The summed E-state index contributed by atoms with van der Waals surface area (Å²) in [7, 11) is 0. The smallest absolute Gasteiger partial charge is 0.395 e. The van der Waals surface area contributed by atoms with Gasteiger partial charge in [0.05, 0.1) is 23.2 Å². The van der Waals surface area contributed by atoms with Gasteiger partial charge in [0, 0.05) is 54.1 Å². The van der Waals surface area contributed by atoms with Crippen LogP contribution in [0.5, 0.6) is 0 Å². The molecule has 2 fully saturated rings. The maximum atomic E-state index is 13.5. The van der Waals surface area contributed by atoms with Gasteiger partial charge in [0.15, 0.2) is 0 Å². The first-order chi connectivity index (χ1) is 18.1. The number of likely N-dealkylation sites (tertiary alicyclic amines) is 1. The van der Waals surface area contributed by atoms with E-state index < -0.39 is 17.7 Å². The van der Waals surface area contributed by atoms with Gasteiger partial charge in [-0.2, -0.15) is 18.3 Å². The summed E-state index contributed by atoms with van der Waals surface area (Å²) in [5.74, 6) is -1.12. The molecule has 2 aromatic rings. The number of hydrogen-bond acceptors (Lipinski definition) is 6. The molecule has 38 heavy (non-hydrogen) atoms. The van der Waals surface area contributed by atoms with Crippen LogP contribution in [0.2, 0.25) is 0 Å². The molecule has 2 saturated heterocycles. The van der Waals surface area contributed by atoms with Crippen molar-refractivity contribution in [2.24, 2.45) is 5.92 Å². The van der Waals surface area contributed by atoms with Crippen molar-refractivity contribution in [3.05, 3.63) is 57.6 Å². The molecule has 1 aromatic heterocycles. The molecule has 0 spiro atoms. The minimum absolute atomic E-state index is 0.0465. The van der Waals surface area contributed by atoms with E-state index in [1.165, 1.54) is 4.90 Å². The fraction of sp³-hybridized carbons (Fsp3) is 0.423. The van der Waals surface area contributed by atoms with E-state index in [9.17, 15) is 22.8 Å². The Labute approximate surface area is 226 Å². The Balaban J connectivity index is 1.31. The number of alkyl halides is 3. The van der Waals surface area contributed by atoms with Crippen molar-refractivity contribution in [2.45, 2.75) is 38.0 Å². The van der Waals surface area contributed by atoms with Crippen LogP contribution in [0.4, 0.5) is 18.0 Å². The number of nitrogens with zero attached hydrogens (tertiary/aromatic N) is 4. The van der Waals surface area contributed by atoms with Gasteiger partial charge in [-0.1, -0.05) is 23.7 Å². The number of carbonyl (C=O) groups is 2. The third kappa shape index (κ3) is 5.56. The third-order valence-corrected chi connectivity index (χ3v) is 8.32. The number of rotatable bonds is 6. The fourth-order valence-corrected chi connectivity index (χ4v) is 6.34. The van der Waals surface area contributed by atoms with E-state index in [1.807, 2.05) is 0 Å². The zero-order valence-electron chi connectivity index (χ0n) is 20.3. The molecule has 1 atom stereocenters. The lowest BCUT2D eigenvalue weighted by Crippen LogP contribution is -2.47. The van der Waals surface area contributed by atoms with Gasteiger partial charge < -0.3 is 10.0 Å². The van der Waals surface area contributed by atoms with Gasteiger partial charge in [0.2, 0.25) is 0 Å². The molecule has 1 aromatic carbocycles. The second-order valence-corrected chi connectivity index (χ2v) is 11.0. The summed E-state index contributed by atoms with van der Waals surface area (Å²) in [6.07, 6.45) is 2.84. The van der Waals surface area contributed by atoms with Crippen molar-refractivity contribution >= 4 is 51.5 Å². The SMILES string of the molecule is O=C1S/C(=C\c2ccc3c(cnn3CC3CC=C(Cl)C=C3C(F)(F)F)c2)C(=O)N1C1CCN(CCO)CC1. The zero-order valence-corrected chi connectivity index (χ0v) is 21.9. The molecule has 2 aliphatic heterocycles. The number of hydrogen-bond donors (Lipinski definition) is 1. The number of fused-ring (bicyclic) bond motifs is 1. The highest BCUT2D eigenvalue weighted by Gasteiger charge is 2.41. The van der Waals surface area contributed by atoms with E-state index in [0.717, 1.165) is 36.3 Å². The number of imide groups is 1. The molecular formula is C26H26ClF3N4O3S. The van der Waals surface area contributed by atoms with Crippen molar-refractivity contribution in [3.63, 3.8) is 0 Å². The van der Waals surface area contributed by atoms with Gasteiger partial charge in [-0.15, -0.1) is 0 Å².